The number of benzene rings is 1. The summed E-state index contributed by atoms with van der Waals surface area (Å²) in [4.78, 5) is 10.6. The lowest BCUT2D eigenvalue weighted by molar-refractivity contribution is -0.443. The molecule has 1 aromatic rings. The van der Waals surface area contributed by atoms with E-state index in [1.165, 1.54) is 0 Å². The number of ether oxygens (including phenoxy) is 1. The minimum Gasteiger partial charge on any atom is -0.544 e. The highest BCUT2D eigenvalue weighted by Crippen LogP contribution is 2.16. The van der Waals surface area contributed by atoms with Crippen LogP contribution in [-0.4, -0.2) is 12.6 Å². The Morgan fingerprint density at radius 3 is 2.93 bits per heavy atom. The average Bonchev–Trinajstić information content (AvgIpc) is 2.25. The highest BCUT2D eigenvalue weighted by atomic mass is 16.5. The van der Waals surface area contributed by atoms with Crippen LogP contribution in [0.2, 0.25) is 0 Å². The maximum atomic E-state index is 10.6. The first-order valence-corrected chi connectivity index (χ1v) is 4.92. The van der Waals surface area contributed by atoms with Gasteiger partial charge in [-0.3, -0.25) is 0 Å². The van der Waals surface area contributed by atoms with Crippen LogP contribution in [-0.2, 0) is 4.79 Å². The van der Waals surface area contributed by atoms with E-state index in [4.69, 9.17) is 4.74 Å². The molecule has 0 spiro atoms. The molecule has 1 rings (SSSR count). The van der Waals surface area contributed by atoms with Gasteiger partial charge in [0.05, 0.1) is 6.61 Å². The second kappa shape index (κ2) is 5.36. The molecule has 0 saturated carbocycles. The van der Waals surface area contributed by atoms with Crippen LogP contribution in [0.1, 0.15) is 24.9 Å². The molecule has 0 amide bonds. The monoisotopic (exact) mass is 209 g/mol. The zero-order valence-electron chi connectivity index (χ0n) is 8.73. The van der Waals surface area contributed by atoms with E-state index < -0.39 is 12.0 Å². The number of aliphatic carboxylic acids is 1. The van der Waals surface area contributed by atoms with Crippen molar-refractivity contribution in [2.24, 2.45) is 0 Å². The van der Waals surface area contributed by atoms with Gasteiger partial charge in [-0.25, -0.2) is 0 Å². The minimum atomic E-state index is -1.18. The zero-order valence-corrected chi connectivity index (χ0v) is 8.73. The minimum absolute atomic E-state index is 0.601. The van der Waals surface area contributed by atoms with Crippen LogP contribution in [0.3, 0.4) is 0 Å². The fourth-order valence-electron chi connectivity index (χ4n) is 1.18. The Labute approximate surface area is 88.7 Å². The number of carbonyl (C=O) groups excluding carboxylic acids is 1. The van der Waals surface area contributed by atoms with Crippen molar-refractivity contribution in [3.05, 3.63) is 29.8 Å². The predicted molar refractivity (Wildman–Crippen MR) is 52.9 cm³/mol. The summed E-state index contributed by atoms with van der Waals surface area (Å²) < 4.78 is 5.38. The molecule has 0 aliphatic carbocycles. The standard InChI is InChI=1S/C11H15NO3/c1-2-6-15-9-5-3-4-8(7-9)10(12)11(13)14/h3-5,7,10H,2,6,12H2,1H3,(H,13,14)/t10-/m0/s1. The summed E-state index contributed by atoms with van der Waals surface area (Å²) in [5.41, 5.74) is 4.11. The first-order valence-electron chi connectivity index (χ1n) is 4.92. The van der Waals surface area contributed by atoms with Crippen molar-refractivity contribution in [3.8, 4) is 5.75 Å². The number of carbonyl (C=O) groups is 1. The first-order chi connectivity index (χ1) is 7.15. The second-order valence-electron chi connectivity index (χ2n) is 3.29. The number of quaternary nitrogens is 1. The molecule has 0 unspecified atom stereocenters. The molecule has 1 atom stereocenters. The lowest BCUT2D eigenvalue weighted by atomic mass is 10.1. The summed E-state index contributed by atoms with van der Waals surface area (Å²) in [7, 11) is 0. The average molecular weight is 209 g/mol. The molecule has 82 valence electrons. The molecule has 1 aromatic carbocycles. The Bertz CT molecular complexity index is 338. The number of hydrogen-bond donors (Lipinski definition) is 1. The topological polar surface area (TPSA) is 77.0 Å². The molecule has 4 heteroatoms. The van der Waals surface area contributed by atoms with Gasteiger partial charge in [0.1, 0.15) is 11.7 Å². The van der Waals surface area contributed by atoms with Gasteiger partial charge in [0.25, 0.3) is 0 Å². The molecule has 0 bridgehead atoms. The van der Waals surface area contributed by atoms with E-state index in [1.807, 2.05) is 6.92 Å². The molecule has 0 fully saturated rings. The number of hydrogen-bond acceptors (Lipinski definition) is 3. The molecule has 0 radical (unpaired) electrons. The SMILES string of the molecule is CCCOc1cccc([C@H]([NH3+])C(=O)[O-])c1. The molecular formula is C11H15NO3. The van der Waals surface area contributed by atoms with E-state index in [0.29, 0.717) is 17.9 Å². The van der Waals surface area contributed by atoms with Gasteiger partial charge < -0.3 is 20.4 Å². The van der Waals surface area contributed by atoms with Crippen molar-refractivity contribution in [1.29, 1.82) is 0 Å². The highest BCUT2D eigenvalue weighted by molar-refractivity contribution is 5.71. The summed E-state index contributed by atoms with van der Waals surface area (Å²) in [5, 5.41) is 10.6. The predicted octanol–water partition coefficient (Wildman–Crippen LogP) is -0.492. The molecule has 0 heterocycles. The summed E-state index contributed by atoms with van der Waals surface area (Å²) in [6, 6.07) is 6.08. The Morgan fingerprint density at radius 2 is 2.33 bits per heavy atom. The van der Waals surface area contributed by atoms with Gasteiger partial charge in [0.15, 0.2) is 6.04 Å². The lowest BCUT2D eigenvalue weighted by Gasteiger charge is -2.11. The molecule has 4 nitrogen and oxygen atoms in total. The van der Waals surface area contributed by atoms with E-state index in [9.17, 15) is 9.90 Å². The summed E-state index contributed by atoms with van der Waals surface area (Å²) in [6.07, 6.45) is 0.915. The van der Waals surface area contributed by atoms with Crippen molar-refractivity contribution in [2.45, 2.75) is 19.4 Å². The summed E-state index contributed by atoms with van der Waals surface area (Å²) in [6.45, 7) is 2.63. The summed E-state index contributed by atoms with van der Waals surface area (Å²) in [5.74, 6) is -0.508. The molecule has 0 aliphatic heterocycles. The number of carboxylic acids is 1. The Morgan fingerprint density at radius 1 is 1.60 bits per heavy atom. The van der Waals surface area contributed by atoms with Gasteiger partial charge in [-0.05, 0) is 18.6 Å². The van der Waals surface area contributed by atoms with Crippen molar-refractivity contribution in [2.75, 3.05) is 6.61 Å². The fraction of sp³-hybridized carbons (Fsp3) is 0.364. The number of rotatable bonds is 5. The molecule has 3 N–H and O–H groups in total. The largest absolute Gasteiger partial charge is 0.544 e. The van der Waals surface area contributed by atoms with Crippen molar-refractivity contribution in [1.82, 2.24) is 0 Å². The third kappa shape index (κ3) is 3.25. The van der Waals surface area contributed by atoms with Gasteiger partial charge in [-0.15, -0.1) is 0 Å². The van der Waals surface area contributed by atoms with Crippen molar-refractivity contribution >= 4 is 5.97 Å². The maximum Gasteiger partial charge on any atom is 0.150 e. The second-order valence-corrected chi connectivity index (χ2v) is 3.29. The van der Waals surface area contributed by atoms with Crippen molar-refractivity contribution < 1.29 is 20.4 Å². The first kappa shape index (κ1) is 11.5. The Hall–Kier alpha value is -1.55. The summed E-state index contributed by atoms with van der Waals surface area (Å²) >= 11 is 0. The molecule has 0 saturated heterocycles. The third-order valence-corrected chi connectivity index (χ3v) is 2.02. The smallest absolute Gasteiger partial charge is 0.150 e. The fourth-order valence-corrected chi connectivity index (χ4v) is 1.18. The van der Waals surface area contributed by atoms with Crippen LogP contribution < -0.4 is 15.6 Å². The molecular weight excluding hydrogens is 194 g/mol. The van der Waals surface area contributed by atoms with Crippen LogP contribution in [0, 0.1) is 0 Å². The number of carboxylic acid groups (broad SMARTS) is 1. The van der Waals surface area contributed by atoms with E-state index in [2.05, 4.69) is 5.73 Å². The van der Waals surface area contributed by atoms with Gasteiger partial charge in [-0.1, -0.05) is 19.1 Å². The van der Waals surface area contributed by atoms with Crippen LogP contribution in [0.25, 0.3) is 0 Å². The highest BCUT2D eigenvalue weighted by Gasteiger charge is 2.10. The normalized spacial score (nSPS) is 12.1. The van der Waals surface area contributed by atoms with Crippen LogP contribution in [0.5, 0.6) is 5.75 Å². The van der Waals surface area contributed by atoms with Crippen LogP contribution >= 0.6 is 0 Å². The van der Waals surface area contributed by atoms with E-state index in [0.717, 1.165) is 6.42 Å². The quantitative estimate of drug-likeness (QED) is 0.710. The Kier molecular flexibility index (Phi) is 4.12. The lowest BCUT2D eigenvalue weighted by Crippen LogP contribution is -2.61. The Balaban J connectivity index is 2.77. The van der Waals surface area contributed by atoms with Crippen LogP contribution in [0.4, 0.5) is 0 Å². The van der Waals surface area contributed by atoms with Gasteiger partial charge in [-0.2, -0.15) is 0 Å². The van der Waals surface area contributed by atoms with E-state index in [1.54, 1.807) is 24.3 Å². The van der Waals surface area contributed by atoms with E-state index in [-0.39, 0.29) is 0 Å². The zero-order chi connectivity index (χ0) is 11.3. The molecule has 0 aromatic heterocycles. The van der Waals surface area contributed by atoms with Gasteiger partial charge >= 0.3 is 0 Å². The van der Waals surface area contributed by atoms with Crippen LogP contribution in [0.15, 0.2) is 24.3 Å². The van der Waals surface area contributed by atoms with E-state index >= 15 is 0 Å². The van der Waals surface area contributed by atoms with Gasteiger partial charge in [0.2, 0.25) is 0 Å². The maximum absolute atomic E-state index is 10.6. The molecule has 15 heavy (non-hydrogen) atoms. The van der Waals surface area contributed by atoms with Crippen molar-refractivity contribution in [3.63, 3.8) is 0 Å². The molecule has 0 aliphatic rings. The van der Waals surface area contributed by atoms with Gasteiger partial charge in [0, 0.05) is 5.56 Å². The third-order valence-electron chi connectivity index (χ3n) is 2.02.